The average Bonchev–Trinajstić information content (AvgIpc) is 2.66. The summed E-state index contributed by atoms with van der Waals surface area (Å²) in [4.78, 5) is 23.5. The van der Waals surface area contributed by atoms with E-state index in [-0.39, 0.29) is 18.3 Å². The number of anilines is 1. The lowest BCUT2D eigenvalue weighted by Gasteiger charge is -2.18. The highest BCUT2D eigenvalue weighted by Gasteiger charge is 2.17. The molecule has 0 bridgehead atoms. The number of hydrogen-bond donors (Lipinski definition) is 2. The summed E-state index contributed by atoms with van der Waals surface area (Å²) in [6.45, 7) is 3.27. The minimum atomic E-state index is -0.816. The highest BCUT2D eigenvalue weighted by Crippen LogP contribution is 2.28. The summed E-state index contributed by atoms with van der Waals surface area (Å²) in [5.41, 5.74) is 4.24. The molecular weight excluding hydrogens is 353 g/mol. The number of carbonyl (C=O) groups excluding carboxylic acids is 2. The Balaban J connectivity index is 1.62. The molecule has 8 heteroatoms. The maximum absolute atomic E-state index is 12.9. The van der Waals surface area contributed by atoms with Crippen molar-refractivity contribution in [3.05, 3.63) is 53.8 Å². The lowest BCUT2D eigenvalue weighted by molar-refractivity contribution is -0.127. The van der Waals surface area contributed by atoms with Crippen molar-refractivity contribution in [2.75, 3.05) is 11.9 Å². The molecule has 0 saturated heterocycles. The Morgan fingerprint density at radius 3 is 2.78 bits per heavy atom. The van der Waals surface area contributed by atoms with Gasteiger partial charge in [0.25, 0.3) is 11.8 Å². The minimum Gasteiger partial charge on any atom is -0.482 e. The van der Waals surface area contributed by atoms with Crippen molar-refractivity contribution >= 4 is 23.2 Å². The van der Waals surface area contributed by atoms with Crippen molar-refractivity contribution in [2.45, 2.75) is 20.0 Å². The van der Waals surface area contributed by atoms with Crippen LogP contribution in [-0.4, -0.2) is 30.2 Å². The summed E-state index contributed by atoms with van der Waals surface area (Å²) < 4.78 is 23.6. The van der Waals surface area contributed by atoms with Gasteiger partial charge in [0.05, 0.1) is 11.4 Å². The van der Waals surface area contributed by atoms with Crippen molar-refractivity contribution in [2.24, 2.45) is 5.10 Å². The third kappa shape index (κ3) is 4.60. The monoisotopic (exact) mass is 371 g/mol. The van der Waals surface area contributed by atoms with Crippen LogP contribution in [0.3, 0.4) is 0 Å². The van der Waals surface area contributed by atoms with Crippen LogP contribution >= 0.6 is 0 Å². The molecule has 2 N–H and O–H groups in total. The minimum absolute atomic E-state index is 0.0125. The van der Waals surface area contributed by atoms with E-state index in [1.54, 1.807) is 32.0 Å². The maximum Gasteiger partial charge on any atom is 0.280 e. The molecule has 1 aliphatic heterocycles. The Morgan fingerprint density at radius 2 is 2.04 bits per heavy atom. The fraction of sp³-hybridized carbons (Fsp3) is 0.211. The largest absolute Gasteiger partial charge is 0.482 e. The first-order chi connectivity index (χ1) is 12.9. The normalized spacial score (nSPS) is 14.5. The number of nitrogens with zero attached hydrogens (tertiary/aromatic N) is 1. The Hall–Kier alpha value is -3.42. The van der Waals surface area contributed by atoms with Gasteiger partial charge in [-0.15, -0.1) is 0 Å². The Bertz CT molecular complexity index is 896. The number of carbonyl (C=O) groups is 2. The van der Waals surface area contributed by atoms with Gasteiger partial charge in [-0.25, -0.2) is 9.82 Å². The van der Waals surface area contributed by atoms with E-state index >= 15 is 0 Å². The van der Waals surface area contributed by atoms with E-state index in [1.165, 1.54) is 24.3 Å². The number of ether oxygens (including phenoxy) is 2. The molecule has 2 amide bonds. The summed E-state index contributed by atoms with van der Waals surface area (Å²) in [7, 11) is 0. The van der Waals surface area contributed by atoms with Crippen LogP contribution in [0.4, 0.5) is 10.1 Å². The van der Waals surface area contributed by atoms with E-state index in [0.29, 0.717) is 28.5 Å². The molecule has 2 aromatic rings. The van der Waals surface area contributed by atoms with E-state index in [2.05, 4.69) is 15.8 Å². The van der Waals surface area contributed by atoms with Gasteiger partial charge in [-0.05, 0) is 61.9 Å². The van der Waals surface area contributed by atoms with Gasteiger partial charge in [-0.3, -0.25) is 9.59 Å². The molecule has 1 aliphatic rings. The van der Waals surface area contributed by atoms with E-state index in [1.807, 2.05) is 0 Å². The molecule has 0 aromatic heterocycles. The second-order valence-electron chi connectivity index (χ2n) is 5.94. The summed E-state index contributed by atoms with van der Waals surface area (Å²) >= 11 is 0. The van der Waals surface area contributed by atoms with E-state index in [9.17, 15) is 14.0 Å². The zero-order chi connectivity index (χ0) is 19.4. The Kier molecular flexibility index (Phi) is 5.35. The van der Waals surface area contributed by atoms with Gasteiger partial charge in [-0.1, -0.05) is 0 Å². The fourth-order valence-electron chi connectivity index (χ4n) is 2.37. The molecule has 27 heavy (non-hydrogen) atoms. The van der Waals surface area contributed by atoms with Gasteiger partial charge in [-0.2, -0.15) is 5.10 Å². The number of fused-ring (bicyclic) bond motifs is 1. The number of hydrazone groups is 1. The van der Waals surface area contributed by atoms with Gasteiger partial charge in [0.2, 0.25) is 0 Å². The highest BCUT2D eigenvalue weighted by atomic mass is 19.1. The van der Waals surface area contributed by atoms with Gasteiger partial charge in [0.1, 0.15) is 17.3 Å². The fourth-order valence-corrected chi connectivity index (χ4v) is 2.37. The standard InChI is InChI=1S/C19H18FN3O4/c1-11(13-3-8-17-16(9-13)21-18(24)10-26-17)22-23-19(25)12(2)27-15-6-4-14(20)5-7-15/h3-9,12H,10H2,1-2H3,(H,21,24)(H,23,25)/b22-11-/t12-/m0/s1. The lowest BCUT2D eigenvalue weighted by atomic mass is 10.1. The molecule has 7 nitrogen and oxygen atoms in total. The quantitative estimate of drug-likeness (QED) is 0.624. The van der Waals surface area contributed by atoms with Gasteiger partial charge in [0, 0.05) is 0 Å². The van der Waals surface area contributed by atoms with Crippen LogP contribution in [0.2, 0.25) is 0 Å². The van der Waals surface area contributed by atoms with Crippen LogP contribution in [0.25, 0.3) is 0 Å². The summed E-state index contributed by atoms with van der Waals surface area (Å²) in [6.07, 6.45) is -0.816. The second-order valence-corrected chi connectivity index (χ2v) is 5.94. The number of halogens is 1. The Morgan fingerprint density at radius 1 is 1.30 bits per heavy atom. The molecule has 3 rings (SSSR count). The molecule has 1 heterocycles. The van der Waals surface area contributed by atoms with Crippen LogP contribution in [0.5, 0.6) is 11.5 Å². The predicted molar refractivity (Wildman–Crippen MR) is 97.4 cm³/mol. The van der Waals surface area contributed by atoms with Crippen molar-refractivity contribution in [1.29, 1.82) is 0 Å². The SMILES string of the molecule is C/C(=N/NC(=O)[C@H](C)Oc1ccc(F)cc1)c1ccc2c(c1)NC(=O)CO2. The summed E-state index contributed by atoms with van der Waals surface area (Å²) in [5.74, 6) is -0.101. The molecule has 0 unspecified atom stereocenters. The second kappa shape index (κ2) is 7.86. The highest BCUT2D eigenvalue weighted by molar-refractivity contribution is 6.02. The number of nitrogens with one attached hydrogen (secondary N) is 2. The topological polar surface area (TPSA) is 89.0 Å². The zero-order valence-electron chi connectivity index (χ0n) is 14.8. The van der Waals surface area contributed by atoms with Crippen LogP contribution < -0.4 is 20.2 Å². The molecule has 0 fully saturated rings. The van der Waals surface area contributed by atoms with Crippen molar-refractivity contribution in [3.63, 3.8) is 0 Å². The number of rotatable bonds is 5. The van der Waals surface area contributed by atoms with Gasteiger partial charge >= 0.3 is 0 Å². The first kappa shape index (κ1) is 18.4. The van der Waals surface area contributed by atoms with Crippen molar-refractivity contribution in [1.82, 2.24) is 5.43 Å². The molecule has 0 spiro atoms. The number of amides is 2. The third-order valence-electron chi connectivity index (χ3n) is 3.86. The van der Waals surface area contributed by atoms with Gasteiger partial charge in [0.15, 0.2) is 12.7 Å². The van der Waals surface area contributed by atoms with E-state index in [4.69, 9.17) is 9.47 Å². The summed E-state index contributed by atoms with van der Waals surface area (Å²) in [5, 5.41) is 6.78. The molecule has 2 aromatic carbocycles. The average molecular weight is 371 g/mol. The number of benzene rings is 2. The van der Waals surface area contributed by atoms with Crippen molar-refractivity contribution < 1.29 is 23.5 Å². The molecule has 0 aliphatic carbocycles. The molecule has 0 radical (unpaired) electrons. The van der Waals surface area contributed by atoms with Crippen LogP contribution in [0.15, 0.2) is 47.6 Å². The molecule has 1 atom stereocenters. The lowest BCUT2D eigenvalue weighted by Crippen LogP contribution is -2.34. The number of hydrogen-bond acceptors (Lipinski definition) is 5. The van der Waals surface area contributed by atoms with Gasteiger partial charge < -0.3 is 14.8 Å². The van der Waals surface area contributed by atoms with Crippen LogP contribution in [0.1, 0.15) is 19.4 Å². The first-order valence-corrected chi connectivity index (χ1v) is 8.26. The van der Waals surface area contributed by atoms with Crippen molar-refractivity contribution in [3.8, 4) is 11.5 Å². The smallest absolute Gasteiger partial charge is 0.280 e. The van der Waals surface area contributed by atoms with Crippen LogP contribution in [0, 0.1) is 5.82 Å². The van der Waals surface area contributed by atoms with Crippen LogP contribution in [-0.2, 0) is 9.59 Å². The zero-order valence-corrected chi connectivity index (χ0v) is 14.8. The first-order valence-electron chi connectivity index (χ1n) is 8.26. The third-order valence-corrected chi connectivity index (χ3v) is 3.86. The van der Waals surface area contributed by atoms with E-state index < -0.39 is 12.0 Å². The summed E-state index contributed by atoms with van der Waals surface area (Å²) in [6, 6.07) is 10.6. The Labute approximate surface area is 155 Å². The van der Waals surface area contributed by atoms with E-state index in [0.717, 1.165) is 0 Å². The maximum atomic E-state index is 12.9. The molecule has 0 saturated carbocycles. The predicted octanol–water partition coefficient (Wildman–Crippen LogP) is 2.46. The molecule has 140 valence electrons. The molecular formula is C19H18FN3O4.